The first-order valence-corrected chi connectivity index (χ1v) is 8.63. The standard InChI is InChI=1S/C13H19O3PS/c1-4-15-17(14,16-5-2)13(18-3)11-12-9-7-6-8-10-12/h6-11H,4-5H2,1-3H3/b13-11-. The molecular formula is C13H19O3PS. The van der Waals surface area contributed by atoms with Gasteiger partial charge in [-0.05, 0) is 31.7 Å². The second-order valence-electron chi connectivity index (χ2n) is 3.43. The van der Waals surface area contributed by atoms with E-state index in [9.17, 15) is 4.57 Å². The summed E-state index contributed by atoms with van der Waals surface area (Å²) in [5, 5.41) is 0. The molecule has 0 radical (unpaired) electrons. The predicted octanol–water partition coefficient (Wildman–Crippen LogP) is 4.61. The van der Waals surface area contributed by atoms with Crippen molar-refractivity contribution in [2.45, 2.75) is 13.8 Å². The zero-order valence-electron chi connectivity index (χ0n) is 11.0. The van der Waals surface area contributed by atoms with Gasteiger partial charge < -0.3 is 9.05 Å². The average Bonchev–Trinajstić information content (AvgIpc) is 2.37. The fourth-order valence-electron chi connectivity index (χ4n) is 1.45. The molecule has 0 amide bonds. The van der Waals surface area contributed by atoms with Crippen LogP contribution in [0.25, 0.3) is 6.08 Å². The number of rotatable bonds is 7. The van der Waals surface area contributed by atoms with Gasteiger partial charge in [-0.3, -0.25) is 4.57 Å². The zero-order valence-corrected chi connectivity index (χ0v) is 12.7. The van der Waals surface area contributed by atoms with Gasteiger partial charge in [0.1, 0.15) is 0 Å². The number of benzene rings is 1. The van der Waals surface area contributed by atoms with Crippen molar-refractivity contribution >= 4 is 25.4 Å². The van der Waals surface area contributed by atoms with E-state index in [1.54, 1.807) is 0 Å². The van der Waals surface area contributed by atoms with E-state index >= 15 is 0 Å². The Morgan fingerprint density at radius 1 is 1.22 bits per heavy atom. The smallest absolute Gasteiger partial charge is 0.305 e. The van der Waals surface area contributed by atoms with Crippen LogP contribution < -0.4 is 0 Å². The molecule has 0 atom stereocenters. The molecule has 1 rings (SSSR count). The monoisotopic (exact) mass is 286 g/mol. The molecule has 0 aliphatic heterocycles. The summed E-state index contributed by atoms with van der Waals surface area (Å²) in [4.78, 5) is 0. The van der Waals surface area contributed by atoms with Crippen molar-refractivity contribution in [3.05, 3.63) is 40.5 Å². The van der Waals surface area contributed by atoms with Gasteiger partial charge in [0.25, 0.3) is 0 Å². The summed E-state index contributed by atoms with van der Waals surface area (Å²) in [6, 6.07) is 9.74. The molecule has 1 aromatic carbocycles. The van der Waals surface area contributed by atoms with Crippen LogP contribution in [0.1, 0.15) is 19.4 Å². The van der Waals surface area contributed by atoms with Crippen molar-refractivity contribution in [3.8, 4) is 0 Å². The summed E-state index contributed by atoms with van der Waals surface area (Å²) in [7, 11) is -3.17. The molecule has 1 aromatic rings. The largest absolute Gasteiger partial charge is 0.367 e. The molecule has 0 saturated carbocycles. The number of hydrogen-bond acceptors (Lipinski definition) is 4. The molecule has 0 fully saturated rings. The highest BCUT2D eigenvalue weighted by atomic mass is 32.2. The lowest BCUT2D eigenvalue weighted by molar-refractivity contribution is 0.228. The lowest BCUT2D eigenvalue weighted by Gasteiger charge is -2.18. The topological polar surface area (TPSA) is 35.5 Å². The summed E-state index contributed by atoms with van der Waals surface area (Å²) in [6.45, 7) is 4.35. The van der Waals surface area contributed by atoms with Gasteiger partial charge in [-0.25, -0.2) is 0 Å². The molecule has 0 aliphatic carbocycles. The quantitative estimate of drug-likeness (QED) is 0.685. The maximum atomic E-state index is 12.6. The van der Waals surface area contributed by atoms with Gasteiger partial charge >= 0.3 is 7.60 Å². The first-order chi connectivity index (χ1) is 8.66. The Morgan fingerprint density at radius 3 is 2.22 bits per heavy atom. The maximum Gasteiger partial charge on any atom is 0.367 e. The van der Waals surface area contributed by atoms with E-state index in [0.29, 0.717) is 17.9 Å². The minimum absolute atomic E-state index is 0.365. The zero-order chi connectivity index (χ0) is 13.4. The molecule has 100 valence electrons. The Hall–Kier alpha value is -0.540. The number of hydrogen-bond donors (Lipinski definition) is 0. The summed E-state index contributed by atoms with van der Waals surface area (Å²) >= 11 is 1.40. The summed E-state index contributed by atoms with van der Waals surface area (Å²) < 4.78 is 23.9. The van der Waals surface area contributed by atoms with E-state index in [4.69, 9.17) is 9.05 Å². The van der Waals surface area contributed by atoms with Crippen LogP contribution in [0.2, 0.25) is 0 Å². The Labute approximate surface area is 113 Å². The van der Waals surface area contributed by atoms with Gasteiger partial charge in [-0.2, -0.15) is 0 Å². The molecule has 3 nitrogen and oxygen atoms in total. The lowest BCUT2D eigenvalue weighted by Crippen LogP contribution is -1.96. The Kier molecular flexibility index (Phi) is 6.72. The Morgan fingerprint density at radius 2 is 1.78 bits per heavy atom. The molecule has 0 aromatic heterocycles. The molecule has 0 aliphatic rings. The van der Waals surface area contributed by atoms with Gasteiger partial charge in [0.2, 0.25) is 0 Å². The van der Waals surface area contributed by atoms with Crippen LogP contribution in [-0.4, -0.2) is 19.5 Å². The van der Waals surface area contributed by atoms with Crippen molar-refractivity contribution in [1.82, 2.24) is 0 Å². The molecule has 18 heavy (non-hydrogen) atoms. The van der Waals surface area contributed by atoms with E-state index in [-0.39, 0.29) is 0 Å². The maximum absolute atomic E-state index is 12.6. The molecule has 5 heteroatoms. The van der Waals surface area contributed by atoms with Gasteiger partial charge in [0.05, 0.1) is 17.9 Å². The second kappa shape index (κ2) is 7.80. The predicted molar refractivity (Wildman–Crippen MR) is 78.8 cm³/mol. The average molecular weight is 286 g/mol. The van der Waals surface area contributed by atoms with Crippen LogP contribution in [-0.2, 0) is 13.6 Å². The van der Waals surface area contributed by atoms with E-state index in [1.807, 2.05) is 56.5 Å². The Balaban J connectivity index is 3.06. The van der Waals surface area contributed by atoms with Crippen LogP contribution in [0.15, 0.2) is 35.0 Å². The van der Waals surface area contributed by atoms with Gasteiger partial charge in [0.15, 0.2) is 0 Å². The van der Waals surface area contributed by atoms with Crippen molar-refractivity contribution < 1.29 is 13.6 Å². The van der Waals surface area contributed by atoms with Crippen LogP contribution in [0.5, 0.6) is 0 Å². The van der Waals surface area contributed by atoms with E-state index in [2.05, 4.69) is 0 Å². The molecular weight excluding hydrogens is 267 g/mol. The minimum atomic E-state index is -3.17. The van der Waals surface area contributed by atoms with Gasteiger partial charge in [-0.1, -0.05) is 30.3 Å². The van der Waals surface area contributed by atoms with E-state index in [1.165, 1.54) is 11.8 Å². The van der Waals surface area contributed by atoms with Crippen molar-refractivity contribution in [2.75, 3.05) is 19.5 Å². The van der Waals surface area contributed by atoms with Gasteiger partial charge in [0, 0.05) is 0 Å². The normalized spacial score (nSPS) is 12.7. The summed E-state index contributed by atoms with van der Waals surface area (Å²) in [5.41, 5.74) is 0.987. The van der Waals surface area contributed by atoms with Gasteiger partial charge in [-0.15, -0.1) is 11.8 Å². The fourth-order valence-corrected chi connectivity index (χ4v) is 4.23. The minimum Gasteiger partial charge on any atom is -0.305 e. The SMILES string of the molecule is CCOP(=O)(OCC)/C(=C/c1ccccc1)SC. The Bertz CT molecular complexity index is 421. The molecule has 0 saturated heterocycles. The molecule has 0 spiro atoms. The van der Waals surface area contributed by atoms with Crippen LogP contribution >= 0.6 is 19.4 Å². The van der Waals surface area contributed by atoms with E-state index in [0.717, 1.165) is 5.56 Å². The molecule has 0 N–H and O–H groups in total. The third-order valence-electron chi connectivity index (χ3n) is 2.17. The highest BCUT2D eigenvalue weighted by molar-refractivity contribution is 8.09. The third kappa shape index (κ3) is 4.29. The number of thioether (sulfide) groups is 1. The van der Waals surface area contributed by atoms with E-state index < -0.39 is 7.60 Å². The third-order valence-corrected chi connectivity index (χ3v) is 5.79. The van der Waals surface area contributed by atoms with Crippen LogP contribution in [0.3, 0.4) is 0 Å². The van der Waals surface area contributed by atoms with Crippen molar-refractivity contribution in [1.29, 1.82) is 0 Å². The van der Waals surface area contributed by atoms with Crippen molar-refractivity contribution in [2.24, 2.45) is 0 Å². The van der Waals surface area contributed by atoms with Crippen LogP contribution in [0.4, 0.5) is 0 Å². The lowest BCUT2D eigenvalue weighted by atomic mass is 10.2. The van der Waals surface area contributed by atoms with Crippen LogP contribution in [0, 0.1) is 0 Å². The molecule has 0 bridgehead atoms. The first-order valence-electron chi connectivity index (χ1n) is 5.86. The molecule has 0 unspecified atom stereocenters. The molecule has 0 heterocycles. The fraction of sp³-hybridized carbons (Fsp3) is 0.385. The van der Waals surface area contributed by atoms with Crippen molar-refractivity contribution in [3.63, 3.8) is 0 Å². The summed E-state index contributed by atoms with van der Waals surface area (Å²) in [6.07, 6.45) is 3.73. The second-order valence-corrected chi connectivity index (χ2v) is 6.57. The highest BCUT2D eigenvalue weighted by Crippen LogP contribution is 2.60. The first kappa shape index (κ1) is 15.5. The highest BCUT2D eigenvalue weighted by Gasteiger charge is 2.28. The summed E-state index contributed by atoms with van der Waals surface area (Å²) in [5.74, 6) is 0.